The summed E-state index contributed by atoms with van der Waals surface area (Å²) >= 11 is 0. The number of rotatable bonds is 5. The molecule has 4 rings (SSSR count). The lowest BCUT2D eigenvalue weighted by Crippen LogP contribution is -2.50. The minimum absolute atomic E-state index is 0. The van der Waals surface area contributed by atoms with E-state index in [1.54, 1.807) is 5.57 Å². The lowest BCUT2D eigenvalue weighted by molar-refractivity contribution is -0.0508. The summed E-state index contributed by atoms with van der Waals surface area (Å²) in [6, 6.07) is 0. The Bertz CT molecular complexity index is 563. The number of hydrogen-bond donors (Lipinski definition) is 1. The fourth-order valence-electron chi connectivity index (χ4n) is 8.17. The first-order chi connectivity index (χ1) is 12.8. The second-order valence-electron chi connectivity index (χ2n) is 11.7. The Kier molecular flexibility index (Phi) is 9.75. The standard InChI is InChI=1S/C26H44O.3CH4/c1-18(2)7-5-6-8-19-10-12-23-22-11-9-20-17-21(27)13-15-26(20,4)24(22)14-16-25(19,23)3;;;/h9,18-19,21-24,27H,5-8,10-17H2,1-4H3;3*1H4. The summed E-state index contributed by atoms with van der Waals surface area (Å²) in [7, 11) is 0. The fourth-order valence-corrected chi connectivity index (χ4v) is 8.17. The molecule has 0 saturated heterocycles. The first kappa shape index (κ1) is 27.7. The van der Waals surface area contributed by atoms with Crippen molar-refractivity contribution in [2.45, 2.75) is 133 Å². The average Bonchev–Trinajstić information content (AvgIpc) is 2.96. The monoisotopic (exact) mass is 420 g/mol. The number of aliphatic hydroxyl groups excluding tert-OH is 1. The van der Waals surface area contributed by atoms with E-state index in [0.29, 0.717) is 10.8 Å². The van der Waals surface area contributed by atoms with Crippen LogP contribution in [0.25, 0.3) is 0 Å². The Labute approximate surface area is 190 Å². The van der Waals surface area contributed by atoms with Crippen molar-refractivity contribution in [1.29, 1.82) is 0 Å². The lowest BCUT2D eigenvalue weighted by atomic mass is 9.47. The number of hydrogen-bond acceptors (Lipinski definition) is 1. The molecular weight excluding hydrogens is 364 g/mol. The summed E-state index contributed by atoms with van der Waals surface area (Å²) in [5, 5.41) is 10.2. The molecular formula is C29H56O. The molecule has 7 unspecified atom stereocenters. The highest BCUT2D eigenvalue weighted by Crippen LogP contribution is 2.66. The van der Waals surface area contributed by atoms with Crippen LogP contribution in [0.2, 0.25) is 0 Å². The molecule has 1 N–H and O–H groups in total. The van der Waals surface area contributed by atoms with Crippen LogP contribution in [0.4, 0.5) is 0 Å². The zero-order valence-electron chi connectivity index (χ0n) is 18.5. The molecule has 3 fully saturated rings. The maximum Gasteiger partial charge on any atom is 0.0577 e. The molecule has 178 valence electrons. The second kappa shape index (κ2) is 10.5. The Morgan fingerprint density at radius 1 is 0.967 bits per heavy atom. The maximum absolute atomic E-state index is 10.2. The van der Waals surface area contributed by atoms with Crippen LogP contribution in [0.15, 0.2) is 11.6 Å². The van der Waals surface area contributed by atoms with E-state index in [1.807, 2.05) is 0 Å². The van der Waals surface area contributed by atoms with Crippen molar-refractivity contribution in [3.05, 3.63) is 11.6 Å². The molecule has 0 bridgehead atoms. The van der Waals surface area contributed by atoms with Crippen LogP contribution >= 0.6 is 0 Å². The molecule has 30 heavy (non-hydrogen) atoms. The van der Waals surface area contributed by atoms with Crippen LogP contribution in [0.3, 0.4) is 0 Å². The molecule has 3 saturated carbocycles. The van der Waals surface area contributed by atoms with E-state index in [0.717, 1.165) is 42.4 Å². The van der Waals surface area contributed by atoms with E-state index in [1.165, 1.54) is 64.2 Å². The number of fused-ring (bicyclic) bond motifs is 5. The molecule has 0 aliphatic heterocycles. The van der Waals surface area contributed by atoms with Gasteiger partial charge in [-0.05, 0) is 98.2 Å². The van der Waals surface area contributed by atoms with Gasteiger partial charge in [-0.3, -0.25) is 0 Å². The summed E-state index contributed by atoms with van der Waals surface area (Å²) in [6.45, 7) is 9.97. The molecule has 0 aromatic heterocycles. The van der Waals surface area contributed by atoms with Crippen molar-refractivity contribution in [3.63, 3.8) is 0 Å². The van der Waals surface area contributed by atoms with Crippen molar-refractivity contribution >= 4 is 0 Å². The Morgan fingerprint density at radius 3 is 2.40 bits per heavy atom. The van der Waals surface area contributed by atoms with E-state index in [4.69, 9.17) is 0 Å². The number of unbranched alkanes of at least 4 members (excludes halogenated alkanes) is 1. The first-order valence-corrected chi connectivity index (χ1v) is 12.2. The summed E-state index contributed by atoms with van der Waals surface area (Å²) < 4.78 is 0. The molecule has 0 aromatic rings. The Morgan fingerprint density at radius 2 is 1.70 bits per heavy atom. The van der Waals surface area contributed by atoms with Crippen LogP contribution in [-0.2, 0) is 0 Å². The van der Waals surface area contributed by atoms with Gasteiger partial charge in [0.1, 0.15) is 0 Å². The van der Waals surface area contributed by atoms with E-state index >= 15 is 0 Å². The molecule has 0 heterocycles. The molecule has 4 aliphatic carbocycles. The number of allylic oxidation sites excluding steroid dienone is 1. The third kappa shape index (κ3) is 4.72. The van der Waals surface area contributed by atoms with Gasteiger partial charge in [-0.15, -0.1) is 0 Å². The second-order valence-corrected chi connectivity index (χ2v) is 11.7. The van der Waals surface area contributed by atoms with Crippen LogP contribution in [-0.4, -0.2) is 11.2 Å². The first-order valence-electron chi connectivity index (χ1n) is 12.2. The summed E-state index contributed by atoms with van der Waals surface area (Å²) in [5.74, 6) is 4.64. The van der Waals surface area contributed by atoms with Crippen molar-refractivity contribution in [1.82, 2.24) is 0 Å². The molecule has 0 amide bonds. The van der Waals surface area contributed by atoms with Gasteiger partial charge < -0.3 is 5.11 Å². The van der Waals surface area contributed by atoms with Gasteiger partial charge in [0.2, 0.25) is 0 Å². The highest BCUT2D eigenvalue weighted by atomic mass is 16.3. The van der Waals surface area contributed by atoms with Crippen molar-refractivity contribution in [2.75, 3.05) is 0 Å². The van der Waals surface area contributed by atoms with Crippen molar-refractivity contribution in [3.8, 4) is 0 Å². The minimum atomic E-state index is -0.0727. The molecule has 1 heteroatoms. The topological polar surface area (TPSA) is 20.2 Å². The van der Waals surface area contributed by atoms with E-state index in [2.05, 4.69) is 33.8 Å². The van der Waals surface area contributed by atoms with Gasteiger partial charge in [-0.25, -0.2) is 0 Å². The fraction of sp³-hybridized carbons (Fsp3) is 0.931. The lowest BCUT2D eigenvalue weighted by Gasteiger charge is -2.58. The highest BCUT2D eigenvalue weighted by Gasteiger charge is 2.58. The van der Waals surface area contributed by atoms with Gasteiger partial charge in [0, 0.05) is 0 Å². The SMILES string of the molecule is C.C.C.CC(C)CCCCC1CCC2C3CC=C4CC(O)CCC4(C)C3CCC12C. The summed E-state index contributed by atoms with van der Waals surface area (Å²) in [6.07, 6.45) is 18.7. The summed E-state index contributed by atoms with van der Waals surface area (Å²) in [4.78, 5) is 0. The van der Waals surface area contributed by atoms with E-state index in [9.17, 15) is 5.11 Å². The van der Waals surface area contributed by atoms with Gasteiger partial charge in [0.25, 0.3) is 0 Å². The highest BCUT2D eigenvalue weighted by molar-refractivity contribution is 5.25. The van der Waals surface area contributed by atoms with Gasteiger partial charge in [0.15, 0.2) is 0 Å². The van der Waals surface area contributed by atoms with E-state index < -0.39 is 0 Å². The van der Waals surface area contributed by atoms with Gasteiger partial charge in [-0.1, -0.05) is 80.9 Å². The third-order valence-electron chi connectivity index (χ3n) is 9.86. The van der Waals surface area contributed by atoms with Crippen molar-refractivity contribution in [2.24, 2.45) is 40.4 Å². The van der Waals surface area contributed by atoms with Crippen LogP contribution in [0, 0.1) is 40.4 Å². The zero-order valence-corrected chi connectivity index (χ0v) is 18.5. The quantitative estimate of drug-likeness (QED) is 0.347. The predicted molar refractivity (Wildman–Crippen MR) is 135 cm³/mol. The molecule has 4 aliphatic rings. The average molecular weight is 421 g/mol. The molecule has 0 spiro atoms. The smallest absolute Gasteiger partial charge is 0.0577 e. The zero-order chi connectivity index (χ0) is 19.2. The third-order valence-corrected chi connectivity index (χ3v) is 9.86. The van der Waals surface area contributed by atoms with Crippen LogP contribution < -0.4 is 0 Å². The van der Waals surface area contributed by atoms with E-state index in [-0.39, 0.29) is 28.4 Å². The molecule has 7 atom stereocenters. The van der Waals surface area contributed by atoms with Crippen LogP contribution in [0.5, 0.6) is 0 Å². The summed E-state index contributed by atoms with van der Waals surface area (Å²) in [5.41, 5.74) is 2.64. The van der Waals surface area contributed by atoms with Crippen molar-refractivity contribution < 1.29 is 5.11 Å². The molecule has 0 radical (unpaired) electrons. The Balaban J connectivity index is 0.00000150. The Hall–Kier alpha value is -0.300. The molecule has 0 aromatic carbocycles. The predicted octanol–water partition coefficient (Wildman–Crippen LogP) is 9.05. The normalized spacial score (nSPS) is 41.9. The van der Waals surface area contributed by atoms with Gasteiger partial charge >= 0.3 is 0 Å². The van der Waals surface area contributed by atoms with Gasteiger partial charge in [0.05, 0.1) is 6.10 Å². The molecule has 1 nitrogen and oxygen atoms in total. The number of aliphatic hydroxyl groups is 1. The van der Waals surface area contributed by atoms with Crippen LogP contribution in [0.1, 0.15) is 127 Å². The largest absolute Gasteiger partial charge is 0.393 e. The maximum atomic E-state index is 10.2. The van der Waals surface area contributed by atoms with Gasteiger partial charge in [-0.2, -0.15) is 0 Å². The minimum Gasteiger partial charge on any atom is -0.393 e.